The zero-order valence-corrected chi connectivity index (χ0v) is 10.2. The Labute approximate surface area is 95.9 Å². The van der Waals surface area contributed by atoms with Crippen LogP contribution in [0.15, 0.2) is 40.2 Å². The van der Waals surface area contributed by atoms with Crippen molar-refractivity contribution in [1.82, 2.24) is 0 Å². The molecule has 0 amide bonds. The maximum atomic E-state index is 3.54. The molecule has 0 bridgehead atoms. The van der Waals surface area contributed by atoms with Crippen LogP contribution < -0.4 is 5.32 Å². The van der Waals surface area contributed by atoms with Crippen LogP contribution in [-0.4, -0.2) is 7.05 Å². The highest BCUT2D eigenvalue weighted by molar-refractivity contribution is 9.10. The monoisotopic (exact) mass is 267 g/mol. The van der Waals surface area contributed by atoms with Crippen LogP contribution in [0.4, 0.5) is 5.69 Å². The third-order valence-electron chi connectivity index (χ3n) is 2.03. The zero-order chi connectivity index (χ0) is 9.97. The first kappa shape index (κ1) is 9.74. The Morgan fingerprint density at radius 2 is 2.14 bits per heavy atom. The Morgan fingerprint density at radius 1 is 1.29 bits per heavy atom. The van der Waals surface area contributed by atoms with Crippen LogP contribution in [0, 0.1) is 0 Å². The molecule has 2 aromatic rings. The number of anilines is 1. The van der Waals surface area contributed by atoms with E-state index in [9.17, 15) is 0 Å². The highest BCUT2D eigenvalue weighted by Gasteiger charge is 2.04. The van der Waals surface area contributed by atoms with Gasteiger partial charge in [0.25, 0.3) is 0 Å². The molecule has 0 unspecified atom stereocenters. The molecule has 0 fully saturated rings. The quantitative estimate of drug-likeness (QED) is 0.859. The van der Waals surface area contributed by atoms with E-state index < -0.39 is 0 Å². The van der Waals surface area contributed by atoms with Crippen molar-refractivity contribution in [2.24, 2.45) is 0 Å². The molecule has 2 rings (SSSR count). The van der Waals surface area contributed by atoms with Gasteiger partial charge in [0, 0.05) is 22.1 Å². The molecule has 1 N–H and O–H groups in total. The summed E-state index contributed by atoms with van der Waals surface area (Å²) in [6.45, 7) is 0. The van der Waals surface area contributed by atoms with Gasteiger partial charge in [0.1, 0.15) is 0 Å². The lowest BCUT2D eigenvalue weighted by Crippen LogP contribution is -1.86. The molecule has 3 heteroatoms. The first-order valence-corrected chi connectivity index (χ1v) is 5.99. The summed E-state index contributed by atoms with van der Waals surface area (Å²) in [7, 11) is 1.93. The molecule has 0 aliphatic carbocycles. The third-order valence-corrected chi connectivity index (χ3v) is 3.92. The number of hydrogen-bond donors (Lipinski definition) is 1. The van der Waals surface area contributed by atoms with Gasteiger partial charge in [-0.3, -0.25) is 0 Å². The van der Waals surface area contributed by atoms with Crippen molar-refractivity contribution >= 4 is 33.0 Å². The van der Waals surface area contributed by atoms with E-state index in [4.69, 9.17) is 0 Å². The number of thiophene rings is 1. The van der Waals surface area contributed by atoms with E-state index in [1.165, 1.54) is 10.4 Å². The molecule has 72 valence electrons. The maximum absolute atomic E-state index is 3.54. The summed E-state index contributed by atoms with van der Waals surface area (Å²) >= 11 is 5.29. The van der Waals surface area contributed by atoms with Gasteiger partial charge in [-0.05, 0) is 45.1 Å². The van der Waals surface area contributed by atoms with Crippen LogP contribution in [0.3, 0.4) is 0 Å². The van der Waals surface area contributed by atoms with Gasteiger partial charge in [0.15, 0.2) is 0 Å². The Balaban J connectivity index is 2.47. The van der Waals surface area contributed by atoms with Crippen molar-refractivity contribution in [3.63, 3.8) is 0 Å². The number of halogens is 1. The number of rotatable bonds is 2. The molecule has 1 nitrogen and oxygen atoms in total. The van der Waals surface area contributed by atoms with Gasteiger partial charge in [-0.15, -0.1) is 11.3 Å². The topological polar surface area (TPSA) is 12.0 Å². The number of nitrogens with one attached hydrogen (secondary N) is 1. The molecular formula is C11H10BrNS. The highest BCUT2D eigenvalue weighted by atomic mass is 79.9. The van der Waals surface area contributed by atoms with E-state index in [-0.39, 0.29) is 0 Å². The molecular weight excluding hydrogens is 258 g/mol. The highest BCUT2D eigenvalue weighted by Crippen LogP contribution is 2.34. The normalized spacial score (nSPS) is 10.1. The summed E-state index contributed by atoms with van der Waals surface area (Å²) in [4.78, 5) is 1.28. The standard InChI is InChI=1S/C11H10BrNS/c1-13-9-4-2-3-8(7-9)11-10(12)5-6-14-11/h2-7,13H,1H3. The molecule has 14 heavy (non-hydrogen) atoms. The summed E-state index contributed by atoms with van der Waals surface area (Å²) in [5, 5.41) is 5.23. The second kappa shape index (κ2) is 4.15. The van der Waals surface area contributed by atoms with E-state index in [2.05, 4.69) is 57.0 Å². The van der Waals surface area contributed by atoms with Crippen molar-refractivity contribution < 1.29 is 0 Å². The minimum atomic E-state index is 1.14. The summed E-state index contributed by atoms with van der Waals surface area (Å²) in [5.41, 5.74) is 2.39. The van der Waals surface area contributed by atoms with Crippen LogP contribution in [0.5, 0.6) is 0 Å². The summed E-state index contributed by atoms with van der Waals surface area (Å²) in [5.74, 6) is 0. The fourth-order valence-electron chi connectivity index (χ4n) is 1.32. The fraction of sp³-hybridized carbons (Fsp3) is 0.0909. The lowest BCUT2D eigenvalue weighted by atomic mass is 10.2. The van der Waals surface area contributed by atoms with E-state index in [0.717, 1.165) is 10.2 Å². The van der Waals surface area contributed by atoms with Crippen molar-refractivity contribution in [3.05, 3.63) is 40.2 Å². The first-order valence-electron chi connectivity index (χ1n) is 4.32. The molecule has 0 aliphatic heterocycles. The van der Waals surface area contributed by atoms with Crippen molar-refractivity contribution in [2.75, 3.05) is 12.4 Å². The lowest BCUT2D eigenvalue weighted by molar-refractivity contribution is 1.51. The van der Waals surface area contributed by atoms with Crippen LogP contribution in [0.2, 0.25) is 0 Å². The minimum Gasteiger partial charge on any atom is -0.388 e. The Kier molecular flexibility index (Phi) is 2.89. The van der Waals surface area contributed by atoms with Crippen LogP contribution in [-0.2, 0) is 0 Å². The SMILES string of the molecule is CNc1cccc(-c2sccc2Br)c1. The second-order valence-electron chi connectivity index (χ2n) is 2.93. The average Bonchev–Trinajstić information content (AvgIpc) is 2.65. The summed E-state index contributed by atoms with van der Waals surface area (Å²) < 4.78 is 1.16. The van der Waals surface area contributed by atoms with E-state index in [1.807, 2.05) is 7.05 Å². The Morgan fingerprint density at radius 3 is 2.79 bits per heavy atom. The Bertz CT molecular complexity index is 436. The zero-order valence-electron chi connectivity index (χ0n) is 7.75. The van der Waals surface area contributed by atoms with Gasteiger partial charge >= 0.3 is 0 Å². The maximum Gasteiger partial charge on any atom is 0.0485 e. The number of benzene rings is 1. The van der Waals surface area contributed by atoms with Crippen LogP contribution in [0.1, 0.15) is 0 Å². The van der Waals surface area contributed by atoms with E-state index in [0.29, 0.717) is 0 Å². The predicted octanol–water partition coefficient (Wildman–Crippen LogP) is 4.22. The van der Waals surface area contributed by atoms with Crippen LogP contribution >= 0.6 is 27.3 Å². The van der Waals surface area contributed by atoms with Gasteiger partial charge < -0.3 is 5.32 Å². The van der Waals surface area contributed by atoms with Gasteiger partial charge in [-0.1, -0.05) is 12.1 Å². The molecule has 0 radical (unpaired) electrons. The molecule has 0 spiro atoms. The van der Waals surface area contributed by atoms with Gasteiger partial charge in [0.05, 0.1) is 0 Å². The van der Waals surface area contributed by atoms with Gasteiger partial charge in [-0.2, -0.15) is 0 Å². The van der Waals surface area contributed by atoms with E-state index in [1.54, 1.807) is 11.3 Å². The second-order valence-corrected chi connectivity index (χ2v) is 4.70. The Hall–Kier alpha value is -0.800. The average molecular weight is 268 g/mol. The predicted molar refractivity (Wildman–Crippen MR) is 67.0 cm³/mol. The van der Waals surface area contributed by atoms with Gasteiger partial charge in [0.2, 0.25) is 0 Å². The van der Waals surface area contributed by atoms with Gasteiger partial charge in [-0.25, -0.2) is 0 Å². The lowest BCUT2D eigenvalue weighted by Gasteiger charge is -2.03. The number of hydrogen-bond acceptors (Lipinski definition) is 2. The molecule has 1 heterocycles. The van der Waals surface area contributed by atoms with Crippen LogP contribution in [0.25, 0.3) is 10.4 Å². The largest absolute Gasteiger partial charge is 0.388 e. The van der Waals surface area contributed by atoms with Crippen molar-refractivity contribution in [2.45, 2.75) is 0 Å². The molecule has 0 saturated heterocycles. The molecule has 1 aromatic carbocycles. The van der Waals surface area contributed by atoms with Crippen molar-refractivity contribution in [3.8, 4) is 10.4 Å². The summed E-state index contributed by atoms with van der Waals surface area (Å²) in [6, 6.07) is 10.5. The first-order chi connectivity index (χ1) is 6.81. The smallest absolute Gasteiger partial charge is 0.0485 e. The molecule has 0 atom stereocenters. The van der Waals surface area contributed by atoms with Crippen molar-refractivity contribution in [1.29, 1.82) is 0 Å². The molecule has 1 aromatic heterocycles. The third kappa shape index (κ3) is 1.83. The van der Waals surface area contributed by atoms with E-state index >= 15 is 0 Å². The summed E-state index contributed by atoms with van der Waals surface area (Å²) in [6.07, 6.45) is 0. The molecule has 0 saturated carbocycles. The molecule has 0 aliphatic rings. The fourth-order valence-corrected chi connectivity index (χ4v) is 2.92. The minimum absolute atomic E-state index is 1.14.